The number of nitrogens with zero attached hydrogens (tertiary/aromatic N) is 1. The summed E-state index contributed by atoms with van der Waals surface area (Å²) in [5, 5.41) is 1.12. The van der Waals surface area contributed by atoms with Gasteiger partial charge in [0.2, 0.25) is 11.2 Å². The Labute approximate surface area is 146 Å². The predicted molar refractivity (Wildman–Crippen MR) is 92.7 cm³/mol. The van der Waals surface area contributed by atoms with Crippen molar-refractivity contribution in [2.75, 3.05) is 12.0 Å². The topological polar surface area (TPSA) is 72.5 Å². The van der Waals surface area contributed by atoms with Gasteiger partial charge in [-0.1, -0.05) is 41.1 Å². The molecule has 4 rings (SSSR count). The molecule has 0 fully saturated rings. The first-order chi connectivity index (χ1) is 11.7. The second-order valence-corrected chi connectivity index (χ2v) is 6.52. The number of thiazole rings is 1. The number of ether oxygens (including phenoxy) is 2. The lowest BCUT2D eigenvalue weighted by atomic mass is 10.2. The third-order valence-corrected chi connectivity index (χ3v) is 4.70. The average molecular weight is 362 g/mol. The van der Waals surface area contributed by atoms with Crippen LogP contribution in [0.25, 0.3) is 10.2 Å². The van der Waals surface area contributed by atoms with Gasteiger partial charge in [-0.2, -0.15) is 0 Å². The Kier molecular flexibility index (Phi) is 3.87. The van der Waals surface area contributed by atoms with E-state index in [0.717, 1.165) is 4.70 Å². The van der Waals surface area contributed by atoms with Gasteiger partial charge in [0.15, 0.2) is 11.5 Å². The first-order valence-corrected chi connectivity index (χ1v) is 8.39. The minimum absolute atomic E-state index is 0.149. The third-order valence-electron chi connectivity index (χ3n) is 3.46. The lowest BCUT2D eigenvalue weighted by Gasteiger charge is -2.25. The monoisotopic (exact) mass is 361 g/mol. The van der Waals surface area contributed by atoms with Crippen molar-refractivity contribution in [2.45, 2.75) is 6.10 Å². The number of amides is 1. The number of halogens is 1. The van der Waals surface area contributed by atoms with Gasteiger partial charge in [0.25, 0.3) is 5.91 Å². The van der Waals surface area contributed by atoms with E-state index in [-0.39, 0.29) is 12.5 Å². The van der Waals surface area contributed by atoms with Crippen LogP contribution in [0, 0.1) is 0 Å². The summed E-state index contributed by atoms with van der Waals surface area (Å²) in [7, 11) is 0. The molecule has 1 amide bonds. The fourth-order valence-electron chi connectivity index (χ4n) is 2.31. The molecule has 2 aromatic carbocycles. The van der Waals surface area contributed by atoms with Gasteiger partial charge in [-0.25, -0.2) is 4.98 Å². The zero-order chi connectivity index (χ0) is 16.5. The van der Waals surface area contributed by atoms with Gasteiger partial charge in [-0.3, -0.25) is 15.6 Å². The molecule has 122 valence electrons. The van der Waals surface area contributed by atoms with E-state index in [1.165, 1.54) is 11.3 Å². The molecule has 1 aromatic heterocycles. The predicted octanol–water partition coefficient (Wildman–Crippen LogP) is 3.23. The minimum Gasteiger partial charge on any atom is -0.485 e. The van der Waals surface area contributed by atoms with Crippen molar-refractivity contribution in [3.05, 3.63) is 47.5 Å². The maximum Gasteiger partial charge on any atom is 0.283 e. The minimum atomic E-state index is -0.731. The Bertz CT molecular complexity index is 914. The van der Waals surface area contributed by atoms with Gasteiger partial charge < -0.3 is 9.47 Å². The second kappa shape index (κ2) is 6.18. The van der Waals surface area contributed by atoms with E-state index in [1.54, 1.807) is 18.2 Å². The van der Waals surface area contributed by atoms with Gasteiger partial charge in [0.1, 0.15) is 12.1 Å². The number of benzene rings is 2. The SMILES string of the molecule is O=C(NNc1nc2c(Cl)cccc2s1)C1COc2ccccc2O1. The fraction of sp³-hybridized carbons (Fsp3) is 0.125. The number of nitrogens with one attached hydrogen (secondary N) is 2. The normalized spacial score (nSPS) is 16.0. The molecule has 1 aliphatic heterocycles. The maximum absolute atomic E-state index is 12.2. The van der Waals surface area contributed by atoms with Crippen molar-refractivity contribution in [3.63, 3.8) is 0 Å². The Morgan fingerprint density at radius 2 is 2.04 bits per heavy atom. The summed E-state index contributed by atoms with van der Waals surface area (Å²) >= 11 is 7.49. The summed E-state index contributed by atoms with van der Waals surface area (Å²) in [4.78, 5) is 16.6. The summed E-state index contributed by atoms with van der Waals surface area (Å²) < 4.78 is 12.1. The molecule has 2 N–H and O–H groups in total. The summed E-state index contributed by atoms with van der Waals surface area (Å²) in [5.74, 6) is 0.848. The number of hydrazine groups is 1. The van der Waals surface area contributed by atoms with Crippen molar-refractivity contribution in [3.8, 4) is 11.5 Å². The zero-order valence-corrected chi connectivity index (χ0v) is 13.9. The lowest BCUT2D eigenvalue weighted by Crippen LogP contribution is -2.45. The molecule has 0 bridgehead atoms. The van der Waals surface area contributed by atoms with E-state index in [9.17, 15) is 4.79 Å². The Hall–Kier alpha value is -2.51. The van der Waals surface area contributed by atoms with E-state index in [1.807, 2.05) is 24.3 Å². The number of hydrogen-bond acceptors (Lipinski definition) is 6. The summed E-state index contributed by atoms with van der Waals surface area (Å²) in [6.45, 7) is 0.149. The van der Waals surface area contributed by atoms with Crippen LogP contribution < -0.4 is 20.3 Å². The van der Waals surface area contributed by atoms with Crippen molar-refractivity contribution >= 4 is 44.2 Å². The van der Waals surface area contributed by atoms with Crippen LogP contribution in [0.2, 0.25) is 5.02 Å². The highest BCUT2D eigenvalue weighted by Crippen LogP contribution is 2.31. The molecule has 1 aliphatic rings. The van der Waals surface area contributed by atoms with Gasteiger partial charge >= 0.3 is 0 Å². The molecule has 0 saturated carbocycles. The molecule has 8 heteroatoms. The molecule has 1 unspecified atom stereocenters. The number of aromatic nitrogens is 1. The van der Waals surface area contributed by atoms with E-state index in [2.05, 4.69) is 15.8 Å². The quantitative estimate of drug-likeness (QED) is 0.701. The van der Waals surface area contributed by atoms with Crippen LogP contribution >= 0.6 is 22.9 Å². The molecule has 6 nitrogen and oxygen atoms in total. The van der Waals surface area contributed by atoms with Gasteiger partial charge in [-0.15, -0.1) is 0 Å². The first-order valence-electron chi connectivity index (χ1n) is 7.20. The summed E-state index contributed by atoms with van der Waals surface area (Å²) in [6.07, 6.45) is -0.731. The highest BCUT2D eigenvalue weighted by Gasteiger charge is 2.27. The fourth-order valence-corrected chi connectivity index (χ4v) is 3.43. The van der Waals surface area contributed by atoms with Crippen LogP contribution in [0.4, 0.5) is 5.13 Å². The Morgan fingerprint density at radius 3 is 2.88 bits per heavy atom. The number of rotatable bonds is 3. The number of carbonyl (C=O) groups excluding carboxylic acids is 1. The molecule has 3 aromatic rings. The van der Waals surface area contributed by atoms with Crippen molar-refractivity contribution in [1.82, 2.24) is 10.4 Å². The van der Waals surface area contributed by atoms with Crippen LogP contribution in [0.15, 0.2) is 42.5 Å². The van der Waals surface area contributed by atoms with Crippen molar-refractivity contribution in [1.29, 1.82) is 0 Å². The molecule has 2 heterocycles. The summed E-state index contributed by atoms with van der Waals surface area (Å²) in [5.41, 5.74) is 6.09. The van der Waals surface area contributed by atoms with E-state index >= 15 is 0 Å². The molecular formula is C16H12ClN3O3S. The Morgan fingerprint density at radius 1 is 1.21 bits per heavy atom. The Balaban J connectivity index is 1.42. The first kappa shape index (κ1) is 15.0. The van der Waals surface area contributed by atoms with Gasteiger partial charge in [-0.05, 0) is 24.3 Å². The lowest BCUT2D eigenvalue weighted by molar-refractivity contribution is -0.129. The maximum atomic E-state index is 12.2. The van der Waals surface area contributed by atoms with Crippen LogP contribution in [0.3, 0.4) is 0 Å². The van der Waals surface area contributed by atoms with Gasteiger partial charge in [0.05, 0.1) is 9.72 Å². The molecular weight excluding hydrogens is 350 g/mol. The highest BCUT2D eigenvalue weighted by molar-refractivity contribution is 7.22. The molecule has 1 atom stereocenters. The molecule has 0 saturated heterocycles. The number of para-hydroxylation sites is 3. The smallest absolute Gasteiger partial charge is 0.283 e. The van der Waals surface area contributed by atoms with E-state index in [0.29, 0.717) is 27.2 Å². The molecule has 0 aliphatic carbocycles. The standard InChI is InChI=1S/C16H12ClN3O3S/c17-9-4-3-7-13-14(9)18-16(24-13)20-19-15(21)12-8-22-10-5-1-2-6-11(10)23-12/h1-7,12H,8H2,(H,18,20)(H,19,21). The second-order valence-electron chi connectivity index (χ2n) is 5.08. The summed E-state index contributed by atoms with van der Waals surface area (Å²) in [6, 6.07) is 12.8. The largest absolute Gasteiger partial charge is 0.485 e. The van der Waals surface area contributed by atoms with Crippen molar-refractivity contribution < 1.29 is 14.3 Å². The van der Waals surface area contributed by atoms with E-state index < -0.39 is 6.10 Å². The molecule has 0 spiro atoms. The number of hydrogen-bond donors (Lipinski definition) is 2. The van der Waals surface area contributed by atoms with Crippen molar-refractivity contribution in [2.24, 2.45) is 0 Å². The number of anilines is 1. The van der Waals surface area contributed by atoms with Crippen LogP contribution in [0.5, 0.6) is 11.5 Å². The highest BCUT2D eigenvalue weighted by atomic mass is 35.5. The average Bonchev–Trinajstić information content (AvgIpc) is 3.04. The van der Waals surface area contributed by atoms with Crippen LogP contribution in [-0.4, -0.2) is 23.6 Å². The number of fused-ring (bicyclic) bond motifs is 2. The van der Waals surface area contributed by atoms with Gasteiger partial charge in [0, 0.05) is 0 Å². The van der Waals surface area contributed by atoms with Crippen LogP contribution in [-0.2, 0) is 4.79 Å². The molecule has 0 radical (unpaired) electrons. The number of carbonyl (C=O) groups is 1. The third kappa shape index (κ3) is 2.83. The molecule has 24 heavy (non-hydrogen) atoms. The van der Waals surface area contributed by atoms with Crippen LogP contribution in [0.1, 0.15) is 0 Å². The zero-order valence-electron chi connectivity index (χ0n) is 12.3. The van der Waals surface area contributed by atoms with E-state index in [4.69, 9.17) is 21.1 Å².